The van der Waals surface area contributed by atoms with Crippen molar-refractivity contribution < 1.29 is 4.92 Å². The Bertz CT molecular complexity index is 1140. The molecule has 4 rings (SSSR count). The van der Waals surface area contributed by atoms with Gasteiger partial charge in [0.1, 0.15) is 10.4 Å². The molecule has 2 aromatic rings. The summed E-state index contributed by atoms with van der Waals surface area (Å²) in [5, 5.41) is 11.7. The Morgan fingerprint density at radius 3 is 2.70 bits per heavy atom. The van der Waals surface area contributed by atoms with Crippen LogP contribution < -0.4 is 5.43 Å². The fourth-order valence-corrected chi connectivity index (χ4v) is 3.96. The summed E-state index contributed by atoms with van der Waals surface area (Å²) >= 11 is 7.57. The zero-order chi connectivity index (χ0) is 16.1. The van der Waals surface area contributed by atoms with Crippen molar-refractivity contribution in [1.29, 1.82) is 0 Å². The van der Waals surface area contributed by atoms with Crippen LogP contribution in [-0.2, 0) is 0 Å². The molecule has 0 saturated heterocycles. The van der Waals surface area contributed by atoms with Gasteiger partial charge in [-0.2, -0.15) is 0 Å². The molecular weight excluding hydrogens is 336 g/mol. The zero-order valence-corrected chi connectivity index (χ0v) is 13.0. The molecular formula is C16H7ClN2O3S. The van der Waals surface area contributed by atoms with Gasteiger partial charge in [0.05, 0.1) is 25.7 Å². The zero-order valence-electron chi connectivity index (χ0n) is 11.4. The highest BCUT2D eigenvalue weighted by molar-refractivity contribution is 7.22. The summed E-state index contributed by atoms with van der Waals surface area (Å²) in [7, 11) is 0. The normalized spacial score (nSPS) is 11.3. The van der Waals surface area contributed by atoms with E-state index in [2.05, 4.69) is 4.98 Å². The molecule has 0 aromatic heterocycles. The molecule has 2 aliphatic rings. The fourth-order valence-electron chi connectivity index (χ4n) is 2.64. The van der Waals surface area contributed by atoms with Crippen molar-refractivity contribution in [3.05, 3.63) is 67.8 Å². The van der Waals surface area contributed by atoms with Crippen molar-refractivity contribution >= 4 is 49.6 Å². The Morgan fingerprint density at radius 2 is 1.91 bits per heavy atom. The lowest BCUT2D eigenvalue weighted by atomic mass is 10.0. The topological polar surface area (TPSA) is 73.1 Å². The van der Waals surface area contributed by atoms with Crippen LogP contribution in [-0.4, -0.2) is 9.91 Å². The first-order valence-corrected chi connectivity index (χ1v) is 7.85. The van der Waals surface area contributed by atoms with Crippen LogP contribution in [0.25, 0.3) is 31.6 Å². The molecule has 0 atom stereocenters. The van der Waals surface area contributed by atoms with Gasteiger partial charge in [-0.1, -0.05) is 35.9 Å². The fraction of sp³-hybridized carbons (Fsp3) is 0. The Balaban J connectivity index is 2.31. The Labute approximate surface area is 138 Å². The molecule has 23 heavy (non-hydrogen) atoms. The lowest BCUT2D eigenvalue weighted by molar-refractivity contribution is -0.383. The number of hydrogen-bond donors (Lipinski definition) is 0. The van der Waals surface area contributed by atoms with E-state index in [0.29, 0.717) is 16.0 Å². The average Bonchev–Trinajstić information content (AvgIpc) is 2.57. The monoisotopic (exact) mass is 342 g/mol. The summed E-state index contributed by atoms with van der Waals surface area (Å²) in [4.78, 5) is 28.3. The summed E-state index contributed by atoms with van der Waals surface area (Å²) in [5.74, 6) is 0. The molecule has 2 aromatic carbocycles. The summed E-state index contributed by atoms with van der Waals surface area (Å²) in [6, 6.07) is 12.0. The minimum atomic E-state index is -0.573. The van der Waals surface area contributed by atoms with E-state index in [4.69, 9.17) is 11.6 Å². The van der Waals surface area contributed by atoms with Crippen molar-refractivity contribution in [2.24, 2.45) is 0 Å². The molecule has 5 nitrogen and oxygen atoms in total. The van der Waals surface area contributed by atoms with Gasteiger partial charge in [-0.05, 0) is 12.1 Å². The van der Waals surface area contributed by atoms with E-state index in [1.165, 1.54) is 17.4 Å². The highest BCUT2D eigenvalue weighted by atomic mass is 35.5. The van der Waals surface area contributed by atoms with Gasteiger partial charge in [0.2, 0.25) is 5.43 Å². The van der Waals surface area contributed by atoms with Crippen LogP contribution in [0.4, 0.5) is 5.69 Å². The number of aromatic nitrogens is 1. The van der Waals surface area contributed by atoms with Gasteiger partial charge < -0.3 is 0 Å². The van der Waals surface area contributed by atoms with Gasteiger partial charge in [-0.15, -0.1) is 11.3 Å². The molecule has 1 aliphatic carbocycles. The molecule has 0 saturated carbocycles. The maximum Gasteiger partial charge on any atom is 0.281 e. The quantitative estimate of drug-likeness (QED) is 0.221. The summed E-state index contributed by atoms with van der Waals surface area (Å²) in [5.41, 5.74) is 0.482. The van der Waals surface area contributed by atoms with Crippen molar-refractivity contribution in [3.63, 3.8) is 0 Å². The minimum absolute atomic E-state index is 0.00461. The predicted octanol–water partition coefficient (Wildman–Crippen LogP) is 4.48. The van der Waals surface area contributed by atoms with Gasteiger partial charge in [0.25, 0.3) is 5.69 Å². The van der Waals surface area contributed by atoms with E-state index >= 15 is 0 Å². The first-order chi connectivity index (χ1) is 11.1. The third-order valence-electron chi connectivity index (χ3n) is 3.64. The first-order valence-electron chi connectivity index (χ1n) is 6.66. The first kappa shape index (κ1) is 14.0. The van der Waals surface area contributed by atoms with Crippen molar-refractivity contribution in [1.82, 2.24) is 4.98 Å². The SMILES string of the molecule is O=c1c(Cl)c2sc3ccccc3nc-2c2cccc([N+](=O)[O-])c12. The molecule has 0 spiro atoms. The molecule has 0 fully saturated rings. The van der Waals surface area contributed by atoms with Crippen LogP contribution in [0, 0.1) is 10.1 Å². The van der Waals surface area contributed by atoms with Crippen LogP contribution in [0.2, 0.25) is 5.02 Å². The second-order valence-corrected chi connectivity index (χ2v) is 6.39. The predicted molar refractivity (Wildman–Crippen MR) is 91.7 cm³/mol. The van der Waals surface area contributed by atoms with E-state index in [-0.39, 0.29) is 16.1 Å². The van der Waals surface area contributed by atoms with E-state index < -0.39 is 10.4 Å². The molecule has 0 unspecified atom stereocenters. The van der Waals surface area contributed by atoms with Crippen LogP contribution in [0.15, 0.2) is 47.3 Å². The molecule has 0 bridgehead atoms. The Hall–Kier alpha value is -2.57. The van der Waals surface area contributed by atoms with Crippen LogP contribution >= 0.6 is 22.9 Å². The molecule has 0 radical (unpaired) electrons. The number of fused-ring (bicyclic) bond motifs is 4. The number of benzene rings is 3. The molecule has 0 amide bonds. The van der Waals surface area contributed by atoms with E-state index in [1.807, 2.05) is 24.3 Å². The van der Waals surface area contributed by atoms with Crippen molar-refractivity contribution in [2.45, 2.75) is 0 Å². The van der Waals surface area contributed by atoms with Gasteiger partial charge in [-0.3, -0.25) is 14.9 Å². The van der Waals surface area contributed by atoms with Crippen LogP contribution in [0.1, 0.15) is 0 Å². The average molecular weight is 343 g/mol. The number of non-ortho nitro benzene ring substituents is 1. The van der Waals surface area contributed by atoms with Gasteiger partial charge in [0, 0.05) is 11.5 Å². The second-order valence-electron chi connectivity index (χ2n) is 4.96. The number of rotatable bonds is 1. The third kappa shape index (κ3) is 1.99. The van der Waals surface area contributed by atoms with Crippen LogP contribution in [0.3, 0.4) is 0 Å². The van der Waals surface area contributed by atoms with E-state index in [1.54, 1.807) is 12.1 Å². The second kappa shape index (κ2) is 4.97. The summed E-state index contributed by atoms with van der Waals surface area (Å²) < 4.78 is 0.895. The maximum atomic E-state index is 12.5. The summed E-state index contributed by atoms with van der Waals surface area (Å²) in [6.45, 7) is 0. The Morgan fingerprint density at radius 1 is 1.13 bits per heavy atom. The smallest absolute Gasteiger partial charge is 0.281 e. The van der Waals surface area contributed by atoms with Crippen LogP contribution in [0.5, 0.6) is 0 Å². The van der Waals surface area contributed by atoms with Gasteiger partial charge in [-0.25, -0.2) is 4.98 Å². The largest absolute Gasteiger partial charge is 0.287 e. The standard InChI is InChI=1S/C16H7ClN2O3S/c17-13-15(20)12-8(4-3-6-10(12)19(21)22)14-16(13)23-11-7-2-1-5-9(11)18-14/h1-7H. The molecule has 7 heteroatoms. The van der Waals surface area contributed by atoms with E-state index in [0.717, 1.165) is 10.2 Å². The number of para-hydroxylation sites is 1. The van der Waals surface area contributed by atoms with E-state index in [9.17, 15) is 14.9 Å². The molecule has 1 heterocycles. The highest BCUT2D eigenvalue weighted by Gasteiger charge is 2.24. The number of nitrogens with zero attached hydrogens (tertiary/aromatic N) is 2. The van der Waals surface area contributed by atoms with Crippen molar-refractivity contribution in [3.8, 4) is 10.6 Å². The van der Waals surface area contributed by atoms with Gasteiger partial charge in [0.15, 0.2) is 0 Å². The molecule has 0 N–H and O–H groups in total. The lowest BCUT2D eigenvalue weighted by Gasteiger charge is -2.11. The molecule has 112 valence electrons. The minimum Gasteiger partial charge on any atom is -0.287 e. The Kier molecular flexibility index (Phi) is 3.04. The van der Waals surface area contributed by atoms with Crippen molar-refractivity contribution in [2.75, 3.05) is 0 Å². The number of nitro groups is 1. The number of halogens is 1. The summed E-state index contributed by atoms with van der Waals surface area (Å²) in [6.07, 6.45) is 0. The third-order valence-corrected chi connectivity index (χ3v) is 5.28. The maximum absolute atomic E-state index is 12.5. The highest BCUT2D eigenvalue weighted by Crippen LogP contribution is 2.40. The number of hydrogen-bond acceptors (Lipinski definition) is 5. The number of nitro benzene ring substituents is 1. The van der Waals surface area contributed by atoms with Gasteiger partial charge >= 0.3 is 0 Å². The molecule has 1 aliphatic heterocycles. The lowest BCUT2D eigenvalue weighted by Crippen LogP contribution is -2.08.